The van der Waals surface area contributed by atoms with Crippen molar-refractivity contribution in [2.24, 2.45) is 0 Å². The fourth-order valence-electron chi connectivity index (χ4n) is 1.61. The second kappa shape index (κ2) is 8.87. The van der Waals surface area contributed by atoms with Gasteiger partial charge >= 0.3 is 23.9 Å². The van der Waals surface area contributed by atoms with Crippen LogP contribution in [0.15, 0.2) is 0 Å². The Bertz CT molecular complexity index is 395. The van der Waals surface area contributed by atoms with Gasteiger partial charge in [-0.2, -0.15) is 0 Å². The summed E-state index contributed by atoms with van der Waals surface area (Å²) in [5.41, 5.74) is 0. The number of aliphatic carboxylic acids is 4. The molecule has 0 amide bonds. The van der Waals surface area contributed by atoms with E-state index in [2.05, 4.69) is 0 Å². The van der Waals surface area contributed by atoms with E-state index in [0.29, 0.717) is 0 Å². The first-order valence-corrected chi connectivity index (χ1v) is 5.98. The summed E-state index contributed by atoms with van der Waals surface area (Å²) in [4.78, 5) is 45.0. The van der Waals surface area contributed by atoms with Gasteiger partial charge in [0, 0.05) is 13.1 Å². The van der Waals surface area contributed by atoms with Crippen LogP contribution in [0.3, 0.4) is 0 Å². The highest BCUT2D eigenvalue weighted by atomic mass is 16.4. The third-order valence-corrected chi connectivity index (χ3v) is 2.66. The summed E-state index contributed by atoms with van der Waals surface area (Å²) in [7, 11) is 0. The number of hydrogen-bond donors (Lipinski definition) is 4. The second-order valence-corrected chi connectivity index (χ2v) is 4.38. The molecule has 0 saturated carbocycles. The van der Waals surface area contributed by atoms with Gasteiger partial charge in [-0.15, -0.1) is 0 Å². The lowest BCUT2D eigenvalue weighted by Gasteiger charge is -2.27. The Morgan fingerprint density at radius 1 is 0.810 bits per heavy atom. The van der Waals surface area contributed by atoms with E-state index in [4.69, 9.17) is 20.4 Å². The normalized spacial score (nSPS) is 12.3. The van der Waals surface area contributed by atoms with Crippen molar-refractivity contribution in [1.29, 1.82) is 0 Å². The maximum absolute atomic E-state index is 10.9. The smallest absolute Gasteiger partial charge is 0.320 e. The monoisotopic (exact) mass is 306 g/mol. The van der Waals surface area contributed by atoms with E-state index in [9.17, 15) is 19.2 Å². The lowest BCUT2D eigenvalue weighted by atomic mass is 10.2. The standard InChI is InChI=1S/C11H18N2O8/c1-7(11(20)21)13(6-10(18)19)3-2-12(4-8(14)15)5-9(16)17/h7H,2-6H2,1H3,(H,14,15)(H,16,17)(H,18,19)(H,20,21)/t7-/m0/s1. The molecule has 0 rings (SSSR count). The third kappa shape index (κ3) is 8.55. The molecule has 0 bridgehead atoms. The van der Waals surface area contributed by atoms with Gasteiger partial charge in [0.1, 0.15) is 6.04 Å². The molecule has 10 heteroatoms. The number of hydrogen-bond acceptors (Lipinski definition) is 6. The Labute approximate surface area is 120 Å². The predicted octanol–water partition coefficient (Wildman–Crippen LogP) is -1.68. The average molecular weight is 306 g/mol. The van der Waals surface area contributed by atoms with Crippen LogP contribution in [0.1, 0.15) is 6.92 Å². The number of carboxylic acid groups (broad SMARTS) is 4. The molecule has 120 valence electrons. The predicted molar refractivity (Wildman–Crippen MR) is 68.0 cm³/mol. The first-order chi connectivity index (χ1) is 9.63. The van der Waals surface area contributed by atoms with Crippen LogP contribution < -0.4 is 0 Å². The van der Waals surface area contributed by atoms with Gasteiger partial charge in [-0.25, -0.2) is 0 Å². The van der Waals surface area contributed by atoms with Crippen LogP contribution in [0.5, 0.6) is 0 Å². The first-order valence-electron chi connectivity index (χ1n) is 5.98. The lowest BCUT2D eigenvalue weighted by Crippen LogP contribution is -2.47. The van der Waals surface area contributed by atoms with Crippen molar-refractivity contribution >= 4 is 23.9 Å². The van der Waals surface area contributed by atoms with E-state index in [1.165, 1.54) is 6.92 Å². The fourth-order valence-corrected chi connectivity index (χ4v) is 1.61. The Hall–Kier alpha value is -2.20. The highest BCUT2D eigenvalue weighted by Crippen LogP contribution is 2.01. The van der Waals surface area contributed by atoms with Crippen LogP contribution in [0.25, 0.3) is 0 Å². The van der Waals surface area contributed by atoms with Gasteiger partial charge in [0.2, 0.25) is 0 Å². The zero-order valence-electron chi connectivity index (χ0n) is 11.4. The van der Waals surface area contributed by atoms with Crippen molar-refractivity contribution in [1.82, 2.24) is 9.80 Å². The van der Waals surface area contributed by atoms with Gasteiger partial charge < -0.3 is 20.4 Å². The van der Waals surface area contributed by atoms with E-state index in [-0.39, 0.29) is 13.1 Å². The van der Waals surface area contributed by atoms with E-state index >= 15 is 0 Å². The zero-order chi connectivity index (χ0) is 16.6. The average Bonchev–Trinajstić information content (AvgIpc) is 2.31. The molecule has 0 saturated heterocycles. The van der Waals surface area contributed by atoms with Crippen molar-refractivity contribution in [2.45, 2.75) is 13.0 Å². The molecular formula is C11H18N2O8. The Morgan fingerprint density at radius 2 is 1.24 bits per heavy atom. The van der Waals surface area contributed by atoms with Crippen LogP contribution in [0.4, 0.5) is 0 Å². The molecule has 10 nitrogen and oxygen atoms in total. The van der Waals surface area contributed by atoms with Crippen LogP contribution >= 0.6 is 0 Å². The molecule has 0 aromatic rings. The molecule has 0 aliphatic carbocycles. The highest BCUT2D eigenvalue weighted by molar-refractivity contribution is 5.75. The van der Waals surface area contributed by atoms with Gasteiger partial charge in [0.15, 0.2) is 0 Å². The van der Waals surface area contributed by atoms with Gasteiger partial charge in [-0.05, 0) is 6.92 Å². The van der Waals surface area contributed by atoms with Crippen molar-refractivity contribution in [3.05, 3.63) is 0 Å². The third-order valence-electron chi connectivity index (χ3n) is 2.66. The molecule has 0 spiro atoms. The minimum Gasteiger partial charge on any atom is -0.480 e. The Kier molecular flexibility index (Phi) is 7.94. The van der Waals surface area contributed by atoms with Gasteiger partial charge in [-0.1, -0.05) is 0 Å². The molecule has 4 N–H and O–H groups in total. The lowest BCUT2D eigenvalue weighted by molar-refractivity contribution is -0.147. The SMILES string of the molecule is C[C@@H](C(=O)O)N(CCN(CC(=O)O)CC(=O)O)CC(=O)O. The summed E-state index contributed by atoms with van der Waals surface area (Å²) in [5, 5.41) is 35.0. The topological polar surface area (TPSA) is 156 Å². The van der Waals surface area contributed by atoms with Crippen LogP contribution in [0, 0.1) is 0 Å². The molecule has 0 aromatic carbocycles. The number of carboxylic acids is 4. The quantitative estimate of drug-likeness (QED) is 0.347. The van der Waals surface area contributed by atoms with Gasteiger partial charge in [-0.3, -0.25) is 29.0 Å². The van der Waals surface area contributed by atoms with E-state index in [0.717, 1.165) is 9.80 Å². The number of carbonyl (C=O) groups is 4. The van der Waals surface area contributed by atoms with E-state index in [1.807, 2.05) is 0 Å². The van der Waals surface area contributed by atoms with Crippen molar-refractivity contribution < 1.29 is 39.6 Å². The molecule has 0 aromatic heterocycles. The van der Waals surface area contributed by atoms with E-state index < -0.39 is 49.6 Å². The minimum absolute atomic E-state index is 0.0799. The van der Waals surface area contributed by atoms with Crippen LogP contribution in [-0.4, -0.2) is 92.9 Å². The van der Waals surface area contributed by atoms with Gasteiger partial charge in [0.05, 0.1) is 19.6 Å². The summed E-state index contributed by atoms with van der Waals surface area (Å²) < 4.78 is 0. The summed E-state index contributed by atoms with van der Waals surface area (Å²) in [6.45, 7) is -0.474. The van der Waals surface area contributed by atoms with Gasteiger partial charge in [0.25, 0.3) is 0 Å². The molecule has 1 atom stereocenters. The van der Waals surface area contributed by atoms with Crippen LogP contribution in [0.2, 0.25) is 0 Å². The zero-order valence-corrected chi connectivity index (χ0v) is 11.4. The number of nitrogens with zero attached hydrogens (tertiary/aromatic N) is 2. The Morgan fingerprint density at radius 3 is 1.57 bits per heavy atom. The van der Waals surface area contributed by atoms with Crippen molar-refractivity contribution in [3.63, 3.8) is 0 Å². The molecule has 0 radical (unpaired) electrons. The molecule has 0 aliphatic rings. The summed E-state index contributed by atoms with van der Waals surface area (Å²) in [5.74, 6) is -4.91. The molecule has 0 aliphatic heterocycles. The molecule has 0 fully saturated rings. The maximum Gasteiger partial charge on any atom is 0.320 e. The molecule has 0 heterocycles. The molecule has 0 unspecified atom stereocenters. The molecule has 21 heavy (non-hydrogen) atoms. The Balaban J connectivity index is 4.72. The summed E-state index contributed by atoms with van der Waals surface area (Å²) in [6.07, 6.45) is 0. The second-order valence-electron chi connectivity index (χ2n) is 4.38. The number of rotatable bonds is 11. The summed E-state index contributed by atoms with van der Waals surface area (Å²) >= 11 is 0. The van der Waals surface area contributed by atoms with E-state index in [1.54, 1.807) is 0 Å². The van der Waals surface area contributed by atoms with Crippen molar-refractivity contribution in [2.75, 3.05) is 32.7 Å². The fraction of sp³-hybridized carbons (Fsp3) is 0.636. The van der Waals surface area contributed by atoms with Crippen molar-refractivity contribution in [3.8, 4) is 0 Å². The van der Waals surface area contributed by atoms with Crippen LogP contribution in [-0.2, 0) is 19.2 Å². The summed E-state index contributed by atoms with van der Waals surface area (Å²) in [6, 6.07) is -1.09. The first kappa shape index (κ1) is 18.8. The minimum atomic E-state index is -1.23. The molecular weight excluding hydrogens is 288 g/mol. The largest absolute Gasteiger partial charge is 0.480 e. The highest BCUT2D eigenvalue weighted by Gasteiger charge is 2.24. The maximum atomic E-state index is 10.9.